The fourth-order valence-corrected chi connectivity index (χ4v) is 1.84. The second kappa shape index (κ2) is 7.00. The minimum absolute atomic E-state index is 0.00740. The first-order valence-corrected chi connectivity index (χ1v) is 6.76. The zero-order valence-corrected chi connectivity index (χ0v) is 12.4. The Labute approximate surface area is 133 Å². The number of anilines is 2. The van der Waals surface area contributed by atoms with Gasteiger partial charge in [-0.2, -0.15) is 5.26 Å². The number of nitrogens with zero attached hydrogens (tertiary/aromatic N) is 1. The lowest BCUT2D eigenvalue weighted by Gasteiger charge is -2.07. The Morgan fingerprint density at radius 3 is 2.65 bits per heavy atom. The van der Waals surface area contributed by atoms with Crippen LogP contribution in [-0.4, -0.2) is 16.1 Å². The third kappa shape index (κ3) is 4.25. The molecule has 1 amide bonds. The molecule has 0 saturated heterocycles. The van der Waals surface area contributed by atoms with Crippen LogP contribution in [0.3, 0.4) is 0 Å². The Balaban J connectivity index is 2.12. The maximum absolute atomic E-state index is 12.0. The highest BCUT2D eigenvalue weighted by molar-refractivity contribution is 6.06. The summed E-state index contributed by atoms with van der Waals surface area (Å²) in [5.74, 6) is -0.600. The van der Waals surface area contributed by atoms with Gasteiger partial charge in [-0.1, -0.05) is 12.1 Å². The standard InChI is InChI=1S/C17H15N3O3/c1-11-5-6-15(16(22)7-11)19-10-12(9-18)17(23)20-13-3-2-4-14(21)8-13/h2-8,10,19,21-22H,1H3,(H,20,23)/b12-10-. The van der Waals surface area contributed by atoms with Crippen LogP contribution < -0.4 is 10.6 Å². The number of phenolic OH excluding ortho intramolecular Hbond substituents is 2. The molecule has 2 aromatic carbocycles. The first kappa shape index (κ1) is 15.9. The molecule has 23 heavy (non-hydrogen) atoms. The van der Waals surface area contributed by atoms with Gasteiger partial charge in [-0.3, -0.25) is 4.79 Å². The number of carbonyl (C=O) groups is 1. The van der Waals surface area contributed by atoms with Crippen LogP contribution in [0.15, 0.2) is 54.2 Å². The van der Waals surface area contributed by atoms with E-state index in [1.807, 2.05) is 6.92 Å². The normalized spacial score (nSPS) is 10.7. The van der Waals surface area contributed by atoms with Crippen LogP contribution in [-0.2, 0) is 4.79 Å². The number of aryl methyl sites for hydroxylation is 1. The average molecular weight is 309 g/mol. The monoisotopic (exact) mass is 309 g/mol. The Morgan fingerprint density at radius 2 is 2.00 bits per heavy atom. The van der Waals surface area contributed by atoms with Gasteiger partial charge in [0.25, 0.3) is 5.91 Å². The van der Waals surface area contributed by atoms with E-state index >= 15 is 0 Å². The summed E-state index contributed by atoms with van der Waals surface area (Å²) in [7, 11) is 0. The number of phenols is 2. The van der Waals surface area contributed by atoms with E-state index in [-0.39, 0.29) is 17.1 Å². The molecule has 0 spiro atoms. The van der Waals surface area contributed by atoms with E-state index in [9.17, 15) is 15.0 Å². The van der Waals surface area contributed by atoms with Crippen LogP contribution in [0.4, 0.5) is 11.4 Å². The van der Waals surface area contributed by atoms with Crippen molar-refractivity contribution < 1.29 is 15.0 Å². The van der Waals surface area contributed by atoms with Crippen molar-refractivity contribution in [3.05, 3.63) is 59.8 Å². The maximum Gasteiger partial charge on any atom is 0.267 e. The lowest BCUT2D eigenvalue weighted by molar-refractivity contribution is -0.112. The van der Waals surface area contributed by atoms with E-state index in [4.69, 9.17) is 5.26 Å². The molecule has 0 radical (unpaired) electrons. The zero-order valence-electron chi connectivity index (χ0n) is 12.4. The van der Waals surface area contributed by atoms with E-state index in [2.05, 4.69) is 10.6 Å². The molecule has 2 rings (SSSR count). The van der Waals surface area contributed by atoms with Gasteiger partial charge in [0.05, 0.1) is 5.69 Å². The minimum atomic E-state index is -0.628. The van der Waals surface area contributed by atoms with Crippen molar-refractivity contribution in [1.82, 2.24) is 0 Å². The number of nitriles is 1. The number of amides is 1. The minimum Gasteiger partial charge on any atom is -0.508 e. The molecular weight excluding hydrogens is 294 g/mol. The summed E-state index contributed by atoms with van der Waals surface area (Å²) in [4.78, 5) is 12.0. The number of hydrogen-bond acceptors (Lipinski definition) is 5. The molecule has 0 aliphatic heterocycles. The SMILES string of the molecule is Cc1ccc(N/C=C(/C#N)C(=O)Nc2cccc(O)c2)c(O)c1. The van der Waals surface area contributed by atoms with Crippen molar-refractivity contribution in [3.8, 4) is 17.6 Å². The summed E-state index contributed by atoms with van der Waals surface area (Å²) in [6, 6.07) is 12.8. The van der Waals surface area contributed by atoms with Gasteiger partial charge in [-0.15, -0.1) is 0 Å². The number of nitrogens with one attached hydrogen (secondary N) is 2. The number of carbonyl (C=O) groups excluding carboxylic acids is 1. The molecular formula is C17H15N3O3. The second-order valence-corrected chi connectivity index (χ2v) is 4.84. The zero-order chi connectivity index (χ0) is 16.8. The van der Waals surface area contributed by atoms with Crippen molar-refractivity contribution in [1.29, 1.82) is 5.26 Å². The molecule has 0 atom stereocenters. The summed E-state index contributed by atoms with van der Waals surface area (Å²) in [5, 5.41) is 33.4. The van der Waals surface area contributed by atoms with E-state index in [0.29, 0.717) is 11.4 Å². The Morgan fingerprint density at radius 1 is 1.22 bits per heavy atom. The maximum atomic E-state index is 12.0. The van der Waals surface area contributed by atoms with Crippen molar-refractivity contribution in [2.45, 2.75) is 6.92 Å². The highest BCUT2D eigenvalue weighted by Gasteiger charge is 2.10. The first-order chi connectivity index (χ1) is 11.0. The predicted molar refractivity (Wildman–Crippen MR) is 86.9 cm³/mol. The first-order valence-electron chi connectivity index (χ1n) is 6.76. The molecule has 0 aliphatic rings. The lowest BCUT2D eigenvalue weighted by atomic mass is 10.2. The van der Waals surface area contributed by atoms with Crippen LogP contribution in [0.1, 0.15) is 5.56 Å². The molecule has 0 aliphatic carbocycles. The fraction of sp³-hybridized carbons (Fsp3) is 0.0588. The average Bonchev–Trinajstić information content (AvgIpc) is 2.49. The Hall–Kier alpha value is -3.46. The van der Waals surface area contributed by atoms with Gasteiger partial charge >= 0.3 is 0 Å². The molecule has 116 valence electrons. The fourth-order valence-electron chi connectivity index (χ4n) is 1.84. The number of hydrogen-bond donors (Lipinski definition) is 4. The highest BCUT2D eigenvalue weighted by Crippen LogP contribution is 2.24. The van der Waals surface area contributed by atoms with Gasteiger partial charge in [0, 0.05) is 18.0 Å². The molecule has 0 bridgehead atoms. The number of benzene rings is 2. The summed E-state index contributed by atoms with van der Waals surface area (Å²) in [6.45, 7) is 1.84. The Bertz CT molecular complexity index is 807. The third-order valence-corrected chi connectivity index (χ3v) is 2.99. The quantitative estimate of drug-likeness (QED) is 0.395. The van der Waals surface area contributed by atoms with E-state index < -0.39 is 5.91 Å². The van der Waals surface area contributed by atoms with E-state index in [1.165, 1.54) is 18.3 Å². The highest BCUT2D eigenvalue weighted by atomic mass is 16.3. The molecule has 0 unspecified atom stereocenters. The molecule has 0 heterocycles. The number of rotatable bonds is 4. The molecule has 0 saturated carbocycles. The van der Waals surface area contributed by atoms with Crippen LogP contribution >= 0.6 is 0 Å². The summed E-state index contributed by atoms with van der Waals surface area (Å²) in [5.41, 5.74) is 1.47. The second-order valence-electron chi connectivity index (χ2n) is 4.84. The Kier molecular flexibility index (Phi) is 4.85. The van der Waals surface area contributed by atoms with Gasteiger partial charge < -0.3 is 20.8 Å². The van der Waals surface area contributed by atoms with Gasteiger partial charge in [0.15, 0.2) is 0 Å². The molecule has 6 heteroatoms. The summed E-state index contributed by atoms with van der Waals surface area (Å²) < 4.78 is 0. The van der Waals surface area contributed by atoms with Crippen molar-refractivity contribution in [2.24, 2.45) is 0 Å². The third-order valence-electron chi connectivity index (χ3n) is 2.99. The number of aromatic hydroxyl groups is 2. The molecule has 6 nitrogen and oxygen atoms in total. The van der Waals surface area contributed by atoms with Crippen molar-refractivity contribution in [2.75, 3.05) is 10.6 Å². The van der Waals surface area contributed by atoms with Crippen LogP contribution in [0, 0.1) is 18.3 Å². The van der Waals surface area contributed by atoms with E-state index in [0.717, 1.165) is 5.56 Å². The molecule has 2 aromatic rings. The topological polar surface area (TPSA) is 105 Å². The van der Waals surface area contributed by atoms with E-state index in [1.54, 1.807) is 36.4 Å². The predicted octanol–water partition coefficient (Wildman–Crippen LogP) is 2.86. The van der Waals surface area contributed by atoms with Crippen LogP contribution in [0.2, 0.25) is 0 Å². The van der Waals surface area contributed by atoms with Crippen molar-refractivity contribution in [3.63, 3.8) is 0 Å². The van der Waals surface area contributed by atoms with Gasteiger partial charge in [0.1, 0.15) is 23.1 Å². The molecule has 4 N–H and O–H groups in total. The van der Waals surface area contributed by atoms with Gasteiger partial charge in [-0.05, 0) is 36.8 Å². The summed E-state index contributed by atoms with van der Waals surface area (Å²) in [6.07, 6.45) is 1.21. The van der Waals surface area contributed by atoms with Gasteiger partial charge in [0.2, 0.25) is 0 Å². The largest absolute Gasteiger partial charge is 0.508 e. The molecule has 0 aromatic heterocycles. The van der Waals surface area contributed by atoms with Crippen molar-refractivity contribution >= 4 is 17.3 Å². The summed E-state index contributed by atoms with van der Waals surface area (Å²) >= 11 is 0. The lowest BCUT2D eigenvalue weighted by Crippen LogP contribution is -2.14. The molecule has 0 fully saturated rings. The smallest absolute Gasteiger partial charge is 0.267 e. The van der Waals surface area contributed by atoms with Gasteiger partial charge in [-0.25, -0.2) is 0 Å². The van der Waals surface area contributed by atoms with Crippen LogP contribution in [0.5, 0.6) is 11.5 Å². The van der Waals surface area contributed by atoms with Crippen LogP contribution in [0.25, 0.3) is 0 Å².